The first-order chi connectivity index (χ1) is 17.4. The number of amides is 1. The fraction of sp³-hybridized carbons (Fsp3) is 0.385. The van der Waals surface area contributed by atoms with Crippen molar-refractivity contribution in [3.8, 4) is 0 Å². The van der Waals surface area contributed by atoms with E-state index < -0.39 is 0 Å². The molecule has 0 unspecified atom stereocenters. The molecule has 1 amide bonds. The normalized spacial score (nSPS) is 21.0. The fourth-order valence-corrected chi connectivity index (χ4v) is 5.88. The van der Waals surface area contributed by atoms with E-state index in [1.54, 1.807) is 24.7 Å². The van der Waals surface area contributed by atoms with Gasteiger partial charge in [0.15, 0.2) is 0 Å². The lowest BCUT2D eigenvalue weighted by Gasteiger charge is -2.41. The van der Waals surface area contributed by atoms with Gasteiger partial charge in [0.05, 0.1) is 30.1 Å². The topological polar surface area (TPSA) is 106 Å². The molecular formula is C26H29ClN6O2S. The molecule has 4 heterocycles. The van der Waals surface area contributed by atoms with Gasteiger partial charge in [0.1, 0.15) is 16.5 Å². The number of pyridine rings is 1. The van der Waals surface area contributed by atoms with E-state index in [9.17, 15) is 4.79 Å². The van der Waals surface area contributed by atoms with Crippen molar-refractivity contribution in [3.63, 3.8) is 0 Å². The van der Waals surface area contributed by atoms with Gasteiger partial charge >= 0.3 is 0 Å². The SMILES string of the molecule is C[C@@H]1OCC2(CCN(c3cnc(Sc4ccnc(C(=O)NCc5ccccc5)c4Cl)cn3)CC2)[C@@H]1N. The monoisotopic (exact) mass is 524 g/mol. The maximum atomic E-state index is 12.7. The first-order valence-corrected chi connectivity index (χ1v) is 13.2. The minimum Gasteiger partial charge on any atom is -0.376 e. The van der Waals surface area contributed by atoms with Crippen LogP contribution in [-0.4, -0.2) is 52.7 Å². The molecule has 1 spiro atoms. The van der Waals surface area contributed by atoms with Crippen molar-refractivity contribution in [2.24, 2.45) is 11.1 Å². The maximum absolute atomic E-state index is 12.7. The molecule has 1 aromatic carbocycles. The Kier molecular flexibility index (Phi) is 7.43. The van der Waals surface area contributed by atoms with E-state index in [-0.39, 0.29) is 29.2 Å². The molecule has 2 fully saturated rings. The molecule has 2 aromatic heterocycles. The summed E-state index contributed by atoms with van der Waals surface area (Å²) in [6, 6.07) is 11.5. The summed E-state index contributed by atoms with van der Waals surface area (Å²) in [7, 11) is 0. The molecule has 8 nitrogen and oxygen atoms in total. The van der Waals surface area contributed by atoms with Crippen molar-refractivity contribution >= 4 is 35.1 Å². The third-order valence-electron chi connectivity index (χ3n) is 7.12. The van der Waals surface area contributed by atoms with E-state index in [0.717, 1.165) is 43.9 Å². The van der Waals surface area contributed by atoms with E-state index in [1.165, 1.54) is 11.8 Å². The Morgan fingerprint density at radius 2 is 1.97 bits per heavy atom. The lowest BCUT2D eigenvalue weighted by atomic mass is 9.73. The van der Waals surface area contributed by atoms with Crippen LogP contribution >= 0.6 is 23.4 Å². The highest BCUT2D eigenvalue weighted by Gasteiger charge is 2.47. The highest BCUT2D eigenvalue weighted by Crippen LogP contribution is 2.42. The van der Waals surface area contributed by atoms with Crippen molar-refractivity contribution in [1.29, 1.82) is 0 Å². The predicted octanol–water partition coefficient (Wildman–Crippen LogP) is 3.94. The Hall–Kier alpha value is -2.72. The lowest BCUT2D eigenvalue weighted by molar-refractivity contribution is 0.0945. The van der Waals surface area contributed by atoms with E-state index >= 15 is 0 Å². The highest BCUT2D eigenvalue weighted by molar-refractivity contribution is 7.99. The molecule has 0 radical (unpaired) electrons. The van der Waals surface area contributed by atoms with Gasteiger partial charge in [0, 0.05) is 42.2 Å². The molecule has 188 valence electrons. The van der Waals surface area contributed by atoms with E-state index in [2.05, 4.69) is 32.1 Å². The Balaban J connectivity index is 1.20. The largest absolute Gasteiger partial charge is 0.376 e. The first kappa shape index (κ1) is 25.0. The maximum Gasteiger partial charge on any atom is 0.271 e. The van der Waals surface area contributed by atoms with Gasteiger partial charge in [0.25, 0.3) is 5.91 Å². The van der Waals surface area contributed by atoms with Crippen LogP contribution < -0.4 is 16.0 Å². The minimum atomic E-state index is -0.322. The summed E-state index contributed by atoms with van der Waals surface area (Å²) in [6.07, 6.45) is 7.19. The molecule has 36 heavy (non-hydrogen) atoms. The Morgan fingerprint density at radius 3 is 2.64 bits per heavy atom. The number of ether oxygens (including phenoxy) is 1. The molecule has 2 atom stereocenters. The Labute approximate surface area is 220 Å². The molecule has 0 bridgehead atoms. The average Bonchev–Trinajstić information content (AvgIpc) is 3.18. The molecule has 5 rings (SSSR count). The number of piperidine rings is 1. The van der Waals surface area contributed by atoms with Crippen molar-refractivity contribution in [3.05, 3.63) is 71.3 Å². The summed E-state index contributed by atoms with van der Waals surface area (Å²) < 4.78 is 5.82. The molecule has 3 N–H and O–H groups in total. The second kappa shape index (κ2) is 10.7. The van der Waals surface area contributed by atoms with Gasteiger partial charge in [-0.05, 0) is 31.4 Å². The van der Waals surface area contributed by atoms with Gasteiger partial charge < -0.3 is 20.7 Å². The smallest absolute Gasteiger partial charge is 0.271 e. The standard InChI is InChI=1S/C26H29ClN6O2S/c1-17-24(28)26(16-35-17)8-11-33(12-9-26)20-14-31-21(15-30-20)36-19-7-10-29-23(22(19)27)25(34)32-13-18-5-3-2-4-6-18/h2-7,10,14-15,17,24H,8-9,11-13,16,28H2,1H3,(H,32,34)/t17-,24+/m0/s1. The van der Waals surface area contributed by atoms with Crippen LogP contribution in [0.3, 0.4) is 0 Å². The Morgan fingerprint density at radius 1 is 1.19 bits per heavy atom. The van der Waals surface area contributed by atoms with Gasteiger partial charge in [0.2, 0.25) is 0 Å². The van der Waals surface area contributed by atoms with Crippen LogP contribution in [0.1, 0.15) is 35.8 Å². The number of nitrogens with one attached hydrogen (secondary N) is 1. The second-order valence-corrected chi connectivity index (χ2v) is 10.8. The quantitative estimate of drug-likeness (QED) is 0.499. The van der Waals surface area contributed by atoms with Crippen LogP contribution in [0.2, 0.25) is 5.02 Å². The van der Waals surface area contributed by atoms with Gasteiger partial charge in [-0.3, -0.25) is 4.79 Å². The number of benzene rings is 1. The summed E-state index contributed by atoms with van der Waals surface area (Å²) in [4.78, 5) is 29.0. The number of halogens is 1. The molecule has 10 heteroatoms. The number of rotatable bonds is 6. The van der Waals surface area contributed by atoms with Gasteiger partial charge in [-0.25, -0.2) is 15.0 Å². The van der Waals surface area contributed by atoms with E-state index in [1.807, 2.05) is 30.3 Å². The lowest BCUT2D eigenvalue weighted by Crippen LogP contribution is -2.50. The third kappa shape index (κ3) is 5.20. The molecule has 0 saturated carbocycles. The van der Waals surface area contributed by atoms with Crippen LogP contribution in [0.5, 0.6) is 0 Å². The first-order valence-electron chi connectivity index (χ1n) is 12.0. The number of hydrogen-bond donors (Lipinski definition) is 2. The van der Waals surface area contributed by atoms with Crippen molar-refractivity contribution in [2.45, 2.75) is 48.4 Å². The predicted molar refractivity (Wildman–Crippen MR) is 140 cm³/mol. The molecular weight excluding hydrogens is 496 g/mol. The Bertz CT molecular complexity index is 1200. The van der Waals surface area contributed by atoms with Crippen LogP contribution in [0.15, 0.2) is 64.9 Å². The molecule has 3 aromatic rings. The van der Waals surface area contributed by atoms with E-state index in [0.29, 0.717) is 21.5 Å². The number of aromatic nitrogens is 3. The van der Waals surface area contributed by atoms with Gasteiger partial charge in [-0.15, -0.1) is 0 Å². The van der Waals surface area contributed by atoms with Gasteiger partial charge in [-0.1, -0.05) is 53.7 Å². The van der Waals surface area contributed by atoms with Crippen molar-refractivity contribution < 1.29 is 9.53 Å². The number of hydrogen-bond acceptors (Lipinski definition) is 8. The number of carbonyl (C=O) groups excluding carboxylic acids is 1. The summed E-state index contributed by atoms with van der Waals surface area (Å²) in [6.45, 7) is 4.95. The zero-order chi connectivity index (χ0) is 25.1. The summed E-state index contributed by atoms with van der Waals surface area (Å²) in [5.41, 5.74) is 7.70. The van der Waals surface area contributed by atoms with Gasteiger partial charge in [-0.2, -0.15) is 0 Å². The highest BCUT2D eigenvalue weighted by atomic mass is 35.5. The van der Waals surface area contributed by atoms with Crippen LogP contribution in [0.4, 0.5) is 5.82 Å². The summed E-state index contributed by atoms with van der Waals surface area (Å²) in [5.74, 6) is 0.522. The molecule has 0 aliphatic carbocycles. The van der Waals surface area contributed by atoms with Crippen LogP contribution in [0, 0.1) is 5.41 Å². The zero-order valence-electron chi connectivity index (χ0n) is 20.1. The summed E-state index contributed by atoms with van der Waals surface area (Å²) in [5, 5.41) is 3.86. The van der Waals surface area contributed by atoms with Crippen molar-refractivity contribution in [1.82, 2.24) is 20.3 Å². The minimum absolute atomic E-state index is 0.0718. The second-order valence-electron chi connectivity index (χ2n) is 9.35. The number of nitrogens with two attached hydrogens (primary N) is 1. The number of carbonyl (C=O) groups is 1. The molecule has 2 aliphatic heterocycles. The summed E-state index contributed by atoms with van der Waals surface area (Å²) >= 11 is 7.90. The van der Waals surface area contributed by atoms with E-state index in [4.69, 9.17) is 22.1 Å². The number of anilines is 1. The number of nitrogens with zero attached hydrogens (tertiary/aromatic N) is 4. The molecule has 2 saturated heterocycles. The van der Waals surface area contributed by atoms with Crippen molar-refractivity contribution in [2.75, 3.05) is 24.6 Å². The third-order valence-corrected chi connectivity index (χ3v) is 8.60. The van der Waals surface area contributed by atoms with Crippen LogP contribution in [0.25, 0.3) is 0 Å². The van der Waals surface area contributed by atoms with Crippen LogP contribution in [-0.2, 0) is 11.3 Å². The zero-order valence-corrected chi connectivity index (χ0v) is 21.6. The molecule has 2 aliphatic rings. The average molecular weight is 525 g/mol. The fourth-order valence-electron chi connectivity index (χ4n) is 4.82.